The summed E-state index contributed by atoms with van der Waals surface area (Å²) in [6.07, 6.45) is -0.646. The summed E-state index contributed by atoms with van der Waals surface area (Å²) in [5.41, 5.74) is -1.25. The van der Waals surface area contributed by atoms with Crippen LogP contribution in [0.15, 0.2) is 40.9 Å². The number of rotatable bonds is 8. The second-order valence-electron chi connectivity index (χ2n) is 9.55. The van der Waals surface area contributed by atoms with Crippen molar-refractivity contribution in [1.29, 1.82) is 0 Å². The van der Waals surface area contributed by atoms with Gasteiger partial charge < -0.3 is 19.7 Å². The minimum absolute atomic E-state index is 0.00835. The molecule has 4 aromatic rings. The molecule has 1 aliphatic heterocycles. The Morgan fingerprint density at radius 2 is 1.88 bits per heavy atom. The van der Waals surface area contributed by atoms with Crippen molar-refractivity contribution in [2.45, 2.75) is 19.6 Å². The highest BCUT2D eigenvalue weighted by Gasteiger charge is 2.34. The van der Waals surface area contributed by atoms with E-state index in [-0.39, 0.29) is 33.0 Å². The maximum absolute atomic E-state index is 13.4. The number of nitrogens with one attached hydrogen (secondary N) is 2. The molecule has 1 saturated heterocycles. The molecule has 1 fully saturated rings. The van der Waals surface area contributed by atoms with Crippen molar-refractivity contribution in [2.75, 3.05) is 44.7 Å². The molecule has 1 aliphatic rings. The molecular weight excluding hydrogens is 591 g/mol. The molecule has 0 aliphatic carbocycles. The zero-order chi connectivity index (χ0) is 30.7. The Morgan fingerprint density at radius 3 is 2.56 bits per heavy atom. The number of carboxylic acids is 1. The van der Waals surface area contributed by atoms with Crippen LogP contribution in [0.25, 0.3) is 32.7 Å². The summed E-state index contributed by atoms with van der Waals surface area (Å²) in [5, 5.41) is 15.7. The Hall–Kier alpha value is -4.41. The number of alkyl halides is 3. The SMILES string of the molecule is CCNC(=O)Nc1cc(-c2nc(C(F)(F)F)cs2)c(-c2cnc3c(c2)c(=O)c(C(=O)O)cn3CCN2CCOCC2)cn1. The number of hydrogen-bond donors (Lipinski definition) is 3. The topological polar surface area (TPSA) is 152 Å². The van der Waals surface area contributed by atoms with Gasteiger partial charge in [-0.05, 0) is 19.1 Å². The van der Waals surface area contributed by atoms with Gasteiger partial charge in [-0.1, -0.05) is 0 Å². The predicted octanol–water partition coefficient (Wildman–Crippen LogP) is 3.77. The van der Waals surface area contributed by atoms with Gasteiger partial charge in [0.2, 0.25) is 5.43 Å². The highest BCUT2D eigenvalue weighted by Crippen LogP contribution is 2.38. The predicted molar refractivity (Wildman–Crippen MR) is 152 cm³/mol. The van der Waals surface area contributed by atoms with E-state index in [1.807, 2.05) is 0 Å². The number of pyridine rings is 3. The van der Waals surface area contributed by atoms with E-state index in [0.29, 0.717) is 38.4 Å². The Kier molecular flexibility index (Phi) is 8.70. The fraction of sp³-hybridized carbons (Fsp3) is 0.333. The van der Waals surface area contributed by atoms with Crippen molar-refractivity contribution in [3.8, 4) is 21.7 Å². The zero-order valence-corrected chi connectivity index (χ0v) is 23.6. The fourth-order valence-corrected chi connectivity index (χ4v) is 5.45. The van der Waals surface area contributed by atoms with Gasteiger partial charge in [0.15, 0.2) is 5.69 Å². The average Bonchev–Trinajstić information content (AvgIpc) is 3.49. The second kappa shape index (κ2) is 12.4. The molecule has 3 N–H and O–H groups in total. The summed E-state index contributed by atoms with van der Waals surface area (Å²) in [6.45, 7) is 5.59. The number of urea groups is 1. The first kappa shape index (κ1) is 30.1. The van der Waals surface area contributed by atoms with Crippen LogP contribution in [0.2, 0.25) is 0 Å². The van der Waals surface area contributed by atoms with Gasteiger partial charge in [0.25, 0.3) is 0 Å². The van der Waals surface area contributed by atoms with Crippen LogP contribution >= 0.6 is 11.3 Å². The van der Waals surface area contributed by atoms with Gasteiger partial charge in [0.05, 0.1) is 18.6 Å². The molecule has 0 bridgehead atoms. The molecule has 0 atom stereocenters. The Bertz CT molecular complexity index is 1730. The van der Waals surface area contributed by atoms with E-state index in [1.54, 1.807) is 11.5 Å². The van der Waals surface area contributed by atoms with Gasteiger partial charge in [-0.15, -0.1) is 11.3 Å². The smallest absolute Gasteiger partial charge is 0.434 e. The Balaban J connectivity index is 1.61. The summed E-state index contributed by atoms with van der Waals surface area (Å²) in [7, 11) is 0. The lowest BCUT2D eigenvalue weighted by molar-refractivity contribution is -0.140. The number of anilines is 1. The van der Waals surface area contributed by atoms with E-state index in [1.165, 1.54) is 30.7 Å². The summed E-state index contributed by atoms with van der Waals surface area (Å²) in [4.78, 5) is 51.9. The van der Waals surface area contributed by atoms with Gasteiger partial charge in [0.1, 0.15) is 22.0 Å². The molecule has 0 aromatic carbocycles. The van der Waals surface area contributed by atoms with Crippen molar-refractivity contribution >= 4 is 40.2 Å². The number of amides is 2. The van der Waals surface area contributed by atoms with Gasteiger partial charge >= 0.3 is 18.2 Å². The highest BCUT2D eigenvalue weighted by molar-refractivity contribution is 7.13. The number of nitrogens with zero attached hydrogens (tertiary/aromatic N) is 5. The minimum Gasteiger partial charge on any atom is -0.477 e. The third kappa shape index (κ3) is 6.65. The van der Waals surface area contributed by atoms with E-state index >= 15 is 0 Å². The lowest BCUT2D eigenvalue weighted by atomic mass is 10.0. The number of thiazole rings is 1. The molecule has 12 nitrogen and oxygen atoms in total. The normalized spacial score (nSPS) is 14.1. The van der Waals surface area contributed by atoms with Crippen LogP contribution in [-0.4, -0.2) is 80.9 Å². The lowest BCUT2D eigenvalue weighted by Crippen LogP contribution is -2.38. The first-order chi connectivity index (χ1) is 20.5. The summed E-state index contributed by atoms with van der Waals surface area (Å²) in [5.74, 6) is -1.34. The van der Waals surface area contributed by atoms with E-state index in [4.69, 9.17) is 4.74 Å². The first-order valence-corrected chi connectivity index (χ1v) is 14.1. The number of ether oxygens (including phenoxy) is 1. The average molecular weight is 618 g/mol. The molecule has 0 unspecified atom stereocenters. The number of aromatic nitrogens is 4. The number of halogens is 3. The van der Waals surface area contributed by atoms with E-state index in [0.717, 1.165) is 29.8 Å². The zero-order valence-electron chi connectivity index (χ0n) is 22.8. The first-order valence-electron chi connectivity index (χ1n) is 13.2. The van der Waals surface area contributed by atoms with Crippen LogP contribution in [0.4, 0.5) is 23.8 Å². The maximum atomic E-state index is 13.4. The molecule has 43 heavy (non-hydrogen) atoms. The van der Waals surface area contributed by atoms with E-state index in [2.05, 4.69) is 30.5 Å². The lowest BCUT2D eigenvalue weighted by Gasteiger charge is -2.27. The molecule has 0 spiro atoms. The Labute approximate surface area is 246 Å². The number of morpholine rings is 1. The number of aromatic carboxylic acids is 1. The molecule has 0 radical (unpaired) electrons. The number of carbonyl (C=O) groups is 2. The van der Waals surface area contributed by atoms with E-state index < -0.39 is 34.9 Å². The number of hydrogen-bond acceptors (Lipinski definition) is 9. The largest absolute Gasteiger partial charge is 0.477 e. The van der Waals surface area contributed by atoms with Crippen molar-refractivity contribution in [3.63, 3.8) is 0 Å². The van der Waals surface area contributed by atoms with Crippen LogP contribution in [0.5, 0.6) is 0 Å². The third-order valence-electron chi connectivity index (χ3n) is 6.72. The van der Waals surface area contributed by atoms with Crippen LogP contribution in [0, 0.1) is 0 Å². The van der Waals surface area contributed by atoms with Crippen molar-refractivity contribution in [1.82, 2.24) is 29.7 Å². The molecular formula is C27H26F3N7O5S. The highest BCUT2D eigenvalue weighted by atomic mass is 32.1. The van der Waals surface area contributed by atoms with Crippen molar-refractivity contribution < 1.29 is 32.6 Å². The molecule has 226 valence electrons. The van der Waals surface area contributed by atoms with Crippen LogP contribution in [0.1, 0.15) is 23.0 Å². The number of carboxylic acid groups (broad SMARTS) is 1. The molecule has 16 heteroatoms. The van der Waals surface area contributed by atoms with Crippen LogP contribution < -0.4 is 16.1 Å². The van der Waals surface area contributed by atoms with Gasteiger partial charge in [0, 0.05) is 73.4 Å². The minimum atomic E-state index is -4.67. The summed E-state index contributed by atoms with van der Waals surface area (Å²) in [6, 6.07) is 2.26. The van der Waals surface area contributed by atoms with Crippen LogP contribution in [0.3, 0.4) is 0 Å². The Morgan fingerprint density at radius 1 is 1.12 bits per heavy atom. The molecule has 0 saturated carbocycles. The fourth-order valence-electron chi connectivity index (χ4n) is 4.60. The van der Waals surface area contributed by atoms with Gasteiger partial charge in [-0.2, -0.15) is 13.2 Å². The van der Waals surface area contributed by atoms with Crippen molar-refractivity contribution in [3.05, 3.63) is 57.6 Å². The molecule has 2 amide bonds. The number of fused-ring (bicyclic) bond motifs is 1. The number of carbonyl (C=O) groups excluding carboxylic acids is 1. The molecule has 4 aromatic heterocycles. The van der Waals surface area contributed by atoms with Crippen molar-refractivity contribution in [2.24, 2.45) is 0 Å². The monoisotopic (exact) mass is 617 g/mol. The maximum Gasteiger partial charge on any atom is 0.434 e. The molecule has 5 heterocycles. The third-order valence-corrected chi connectivity index (χ3v) is 7.60. The standard InChI is InChI=1S/C27H26F3N7O5S/c1-2-31-26(41)35-21-10-16(24-34-20(14-43-24)27(28,29)30)18(12-32-21)15-9-17-22(38)19(25(39)40)13-37(23(17)33-11-15)4-3-36-5-7-42-8-6-36/h9-14H,2-8H2,1H3,(H,39,40)(H2,31,32,35,41). The molecule has 5 rings (SSSR count). The van der Waals surface area contributed by atoms with Crippen LogP contribution in [-0.2, 0) is 17.5 Å². The quantitative estimate of drug-likeness (QED) is 0.268. The van der Waals surface area contributed by atoms with Gasteiger partial charge in [-0.25, -0.2) is 24.5 Å². The van der Waals surface area contributed by atoms with E-state index in [9.17, 15) is 32.7 Å². The van der Waals surface area contributed by atoms with Gasteiger partial charge in [-0.3, -0.25) is 15.0 Å². The second-order valence-corrected chi connectivity index (χ2v) is 10.4. The summed E-state index contributed by atoms with van der Waals surface area (Å²) < 4.78 is 47.1. The summed E-state index contributed by atoms with van der Waals surface area (Å²) >= 11 is 0.747.